The van der Waals surface area contributed by atoms with Crippen LogP contribution in [0.5, 0.6) is 0 Å². The van der Waals surface area contributed by atoms with Crippen LogP contribution in [0.3, 0.4) is 0 Å². The molecule has 0 bridgehead atoms. The van der Waals surface area contributed by atoms with Gasteiger partial charge in [-0.15, -0.1) is 0 Å². The monoisotopic (exact) mass is 249 g/mol. The summed E-state index contributed by atoms with van der Waals surface area (Å²) >= 11 is 5.11. The zero-order valence-corrected chi connectivity index (χ0v) is 11.2. The number of pyridine rings is 1. The van der Waals surface area contributed by atoms with Gasteiger partial charge in [-0.25, -0.2) is 4.98 Å². The van der Waals surface area contributed by atoms with E-state index in [-0.39, 0.29) is 5.54 Å². The van der Waals surface area contributed by atoms with Gasteiger partial charge in [-0.1, -0.05) is 19.1 Å². The van der Waals surface area contributed by atoms with E-state index in [9.17, 15) is 0 Å². The fourth-order valence-electron chi connectivity index (χ4n) is 2.39. The Bertz CT molecular complexity index is 433. The average Bonchev–Trinajstić information content (AvgIpc) is 2.23. The molecule has 2 rings (SSSR count). The number of thiocarbonyl (C=S) groups is 1. The van der Waals surface area contributed by atoms with E-state index in [0.717, 1.165) is 23.4 Å². The minimum Gasteiger partial charge on any atom is -0.389 e. The van der Waals surface area contributed by atoms with Gasteiger partial charge in [-0.3, -0.25) is 0 Å². The van der Waals surface area contributed by atoms with Crippen molar-refractivity contribution >= 4 is 23.0 Å². The maximum absolute atomic E-state index is 5.79. The van der Waals surface area contributed by atoms with Crippen LogP contribution in [0.1, 0.15) is 43.7 Å². The zero-order valence-electron chi connectivity index (χ0n) is 10.4. The molecule has 0 aromatic carbocycles. The van der Waals surface area contributed by atoms with Gasteiger partial charge in [0.25, 0.3) is 0 Å². The Morgan fingerprint density at radius 3 is 2.76 bits per heavy atom. The fraction of sp³-hybridized carbons (Fsp3) is 0.538. The van der Waals surface area contributed by atoms with Crippen LogP contribution in [0, 0.1) is 6.92 Å². The SMILES string of the molecule is CCC1(Nc2nccc(C)c2C(N)=S)CCC1. The number of aromatic nitrogens is 1. The third-order valence-corrected chi connectivity index (χ3v) is 3.98. The first-order chi connectivity index (χ1) is 8.08. The largest absolute Gasteiger partial charge is 0.389 e. The van der Waals surface area contributed by atoms with Gasteiger partial charge < -0.3 is 11.1 Å². The van der Waals surface area contributed by atoms with Crippen molar-refractivity contribution in [1.82, 2.24) is 4.98 Å². The standard InChI is InChI=1S/C13H19N3S/c1-3-13(6-4-7-13)16-12-10(11(14)17)9(2)5-8-15-12/h5,8H,3-4,6-7H2,1-2H3,(H2,14,17)(H,15,16). The number of hydrogen-bond acceptors (Lipinski definition) is 3. The molecule has 0 amide bonds. The summed E-state index contributed by atoms with van der Waals surface area (Å²) in [5.41, 5.74) is 7.97. The van der Waals surface area contributed by atoms with Crippen LogP contribution in [0.25, 0.3) is 0 Å². The molecule has 1 aliphatic rings. The van der Waals surface area contributed by atoms with Gasteiger partial charge in [0.05, 0.1) is 5.56 Å². The second-order valence-electron chi connectivity index (χ2n) is 4.83. The van der Waals surface area contributed by atoms with Crippen LogP contribution >= 0.6 is 12.2 Å². The molecule has 1 aromatic heterocycles. The average molecular weight is 249 g/mol. The highest BCUT2D eigenvalue weighted by Gasteiger charge is 2.35. The molecule has 92 valence electrons. The van der Waals surface area contributed by atoms with Crippen molar-refractivity contribution < 1.29 is 0 Å². The molecule has 0 atom stereocenters. The first kappa shape index (κ1) is 12.3. The van der Waals surface area contributed by atoms with Crippen LogP contribution < -0.4 is 11.1 Å². The smallest absolute Gasteiger partial charge is 0.136 e. The van der Waals surface area contributed by atoms with Gasteiger partial charge in [0.15, 0.2) is 0 Å². The number of nitrogens with two attached hydrogens (primary N) is 1. The van der Waals surface area contributed by atoms with Gasteiger partial charge in [0, 0.05) is 11.7 Å². The van der Waals surface area contributed by atoms with Gasteiger partial charge in [0.2, 0.25) is 0 Å². The van der Waals surface area contributed by atoms with E-state index < -0.39 is 0 Å². The highest BCUT2D eigenvalue weighted by molar-refractivity contribution is 7.80. The van der Waals surface area contributed by atoms with Gasteiger partial charge >= 0.3 is 0 Å². The summed E-state index contributed by atoms with van der Waals surface area (Å²) in [7, 11) is 0. The lowest BCUT2D eigenvalue weighted by molar-refractivity contribution is 0.269. The highest BCUT2D eigenvalue weighted by atomic mass is 32.1. The molecule has 0 saturated heterocycles. The molecule has 1 saturated carbocycles. The first-order valence-corrected chi connectivity index (χ1v) is 6.52. The molecular formula is C13H19N3S. The Morgan fingerprint density at radius 2 is 2.29 bits per heavy atom. The van der Waals surface area contributed by atoms with Crippen molar-refractivity contribution in [3.8, 4) is 0 Å². The number of rotatable bonds is 4. The maximum atomic E-state index is 5.79. The summed E-state index contributed by atoms with van der Waals surface area (Å²) in [5.74, 6) is 0.846. The quantitative estimate of drug-likeness (QED) is 0.806. The lowest BCUT2D eigenvalue weighted by Crippen LogP contribution is -2.45. The van der Waals surface area contributed by atoms with E-state index in [2.05, 4.69) is 17.2 Å². The number of hydrogen-bond donors (Lipinski definition) is 2. The second-order valence-corrected chi connectivity index (χ2v) is 5.27. The molecule has 1 aliphatic carbocycles. The summed E-state index contributed by atoms with van der Waals surface area (Å²) in [4.78, 5) is 4.82. The van der Waals surface area contributed by atoms with Crippen molar-refractivity contribution in [2.75, 3.05) is 5.32 Å². The molecule has 1 fully saturated rings. The van der Waals surface area contributed by atoms with Gasteiger partial charge in [-0.2, -0.15) is 0 Å². The van der Waals surface area contributed by atoms with E-state index >= 15 is 0 Å². The normalized spacial score (nSPS) is 17.3. The Morgan fingerprint density at radius 1 is 1.59 bits per heavy atom. The van der Waals surface area contributed by atoms with Gasteiger partial charge in [-0.05, 0) is 44.2 Å². The molecule has 1 heterocycles. The van der Waals surface area contributed by atoms with Crippen LogP contribution in [0.15, 0.2) is 12.3 Å². The molecule has 0 radical (unpaired) electrons. The molecule has 4 heteroatoms. The third kappa shape index (κ3) is 2.27. The van der Waals surface area contributed by atoms with Crippen LogP contribution in [-0.2, 0) is 0 Å². The lowest BCUT2D eigenvalue weighted by Gasteiger charge is -2.42. The Hall–Kier alpha value is -1.16. The molecule has 3 nitrogen and oxygen atoms in total. The Labute approximate surface area is 108 Å². The summed E-state index contributed by atoms with van der Waals surface area (Å²) < 4.78 is 0. The van der Waals surface area contributed by atoms with E-state index in [1.165, 1.54) is 19.3 Å². The van der Waals surface area contributed by atoms with Crippen molar-refractivity contribution in [3.05, 3.63) is 23.4 Å². The second kappa shape index (κ2) is 4.61. The molecule has 1 aromatic rings. The number of nitrogens with zero attached hydrogens (tertiary/aromatic N) is 1. The lowest BCUT2D eigenvalue weighted by atomic mass is 9.75. The van der Waals surface area contributed by atoms with Crippen molar-refractivity contribution in [1.29, 1.82) is 0 Å². The summed E-state index contributed by atoms with van der Waals surface area (Å²) in [5, 5.41) is 3.55. The van der Waals surface area contributed by atoms with E-state index in [1.807, 2.05) is 19.2 Å². The topological polar surface area (TPSA) is 50.9 Å². The van der Waals surface area contributed by atoms with Crippen molar-refractivity contribution in [3.63, 3.8) is 0 Å². The molecule has 0 aliphatic heterocycles. The molecular weight excluding hydrogens is 230 g/mol. The summed E-state index contributed by atoms with van der Waals surface area (Å²) in [6.07, 6.45) is 6.61. The van der Waals surface area contributed by atoms with Crippen LogP contribution in [0.2, 0.25) is 0 Å². The fourth-order valence-corrected chi connectivity index (χ4v) is 2.64. The van der Waals surface area contributed by atoms with E-state index in [4.69, 9.17) is 18.0 Å². The molecule has 0 spiro atoms. The van der Waals surface area contributed by atoms with Gasteiger partial charge in [0.1, 0.15) is 10.8 Å². The number of nitrogens with one attached hydrogen (secondary N) is 1. The Kier molecular flexibility index (Phi) is 3.33. The maximum Gasteiger partial charge on any atom is 0.136 e. The van der Waals surface area contributed by atoms with Crippen LogP contribution in [-0.4, -0.2) is 15.5 Å². The van der Waals surface area contributed by atoms with E-state index in [0.29, 0.717) is 4.99 Å². The van der Waals surface area contributed by atoms with Crippen LogP contribution in [0.4, 0.5) is 5.82 Å². The first-order valence-electron chi connectivity index (χ1n) is 6.11. The molecule has 0 unspecified atom stereocenters. The van der Waals surface area contributed by atoms with Crippen molar-refractivity contribution in [2.24, 2.45) is 5.73 Å². The predicted molar refractivity (Wildman–Crippen MR) is 75.4 cm³/mol. The predicted octanol–water partition coefficient (Wildman–Crippen LogP) is 2.77. The van der Waals surface area contributed by atoms with Crippen molar-refractivity contribution in [2.45, 2.75) is 45.1 Å². The minimum atomic E-state index is 0.209. The number of aryl methyl sites for hydroxylation is 1. The van der Waals surface area contributed by atoms with E-state index in [1.54, 1.807) is 0 Å². The molecule has 17 heavy (non-hydrogen) atoms. The Balaban J connectivity index is 2.32. The zero-order chi connectivity index (χ0) is 12.5. The number of anilines is 1. The summed E-state index contributed by atoms with van der Waals surface area (Å²) in [6, 6.07) is 1.94. The summed E-state index contributed by atoms with van der Waals surface area (Å²) in [6.45, 7) is 4.23. The minimum absolute atomic E-state index is 0.209. The highest BCUT2D eigenvalue weighted by Crippen LogP contribution is 2.38. The third-order valence-electron chi connectivity index (χ3n) is 3.78. The molecule has 3 N–H and O–H groups in total.